The number of hydrogen-bond acceptors (Lipinski definition) is 5. The zero-order valence-corrected chi connectivity index (χ0v) is 14.2. The first-order valence-electron chi connectivity index (χ1n) is 7.94. The van der Waals surface area contributed by atoms with Crippen LogP contribution >= 0.6 is 0 Å². The lowest BCUT2D eigenvalue weighted by Crippen LogP contribution is -2.57. The number of hydrogen-bond donors (Lipinski definition) is 0. The fourth-order valence-electron chi connectivity index (χ4n) is 2.96. The van der Waals surface area contributed by atoms with Gasteiger partial charge in [0.25, 0.3) is 0 Å². The molecule has 1 aliphatic heterocycles. The van der Waals surface area contributed by atoms with Crippen molar-refractivity contribution >= 4 is 26.8 Å². The van der Waals surface area contributed by atoms with Gasteiger partial charge >= 0.3 is 0 Å². The van der Waals surface area contributed by atoms with Crippen molar-refractivity contribution in [1.29, 1.82) is 0 Å². The molecule has 0 atom stereocenters. The van der Waals surface area contributed by atoms with E-state index in [4.69, 9.17) is 4.42 Å². The highest BCUT2D eigenvalue weighted by Gasteiger charge is 2.39. The fourth-order valence-corrected chi connectivity index (χ4v) is 4.57. The molecule has 3 heterocycles. The topological polar surface area (TPSA) is 85.4 Å². The van der Waals surface area contributed by atoms with Crippen molar-refractivity contribution < 1.29 is 17.6 Å². The fraction of sp³-hybridized carbons (Fsp3) is 0.294. The molecule has 4 rings (SSSR count). The summed E-state index contributed by atoms with van der Waals surface area (Å²) in [4.78, 5) is 18.2. The van der Waals surface area contributed by atoms with E-state index in [9.17, 15) is 13.2 Å². The molecule has 3 aromatic rings. The number of para-hydroxylation sites is 2. The van der Waals surface area contributed by atoms with E-state index in [1.165, 1.54) is 6.26 Å². The molecule has 0 bridgehead atoms. The minimum absolute atomic E-state index is 0.104. The molecule has 130 valence electrons. The lowest BCUT2D eigenvalue weighted by Gasteiger charge is -2.38. The summed E-state index contributed by atoms with van der Waals surface area (Å²) in [6.07, 6.45) is 3.09. The van der Waals surface area contributed by atoms with E-state index in [1.54, 1.807) is 27.9 Å². The number of imidazole rings is 1. The third kappa shape index (κ3) is 3.05. The number of fused-ring (bicyclic) bond motifs is 1. The van der Waals surface area contributed by atoms with Gasteiger partial charge in [-0.3, -0.25) is 4.79 Å². The molecule has 1 amide bonds. The number of carbonyl (C=O) groups is 1. The summed E-state index contributed by atoms with van der Waals surface area (Å²) >= 11 is 0. The zero-order chi connectivity index (χ0) is 17.4. The van der Waals surface area contributed by atoms with Crippen molar-refractivity contribution in [3.8, 4) is 0 Å². The number of furan rings is 1. The molecule has 0 aliphatic carbocycles. The van der Waals surface area contributed by atoms with Gasteiger partial charge in [0.1, 0.15) is 18.1 Å². The number of sulfone groups is 1. The maximum absolute atomic E-state index is 12.4. The molecule has 0 radical (unpaired) electrons. The number of benzene rings is 1. The normalized spacial score (nSPS) is 15.4. The maximum Gasteiger partial charge on any atom is 0.242 e. The smallest absolute Gasteiger partial charge is 0.242 e. The zero-order valence-electron chi connectivity index (χ0n) is 13.4. The Kier molecular flexibility index (Phi) is 3.84. The second-order valence-corrected chi connectivity index (χ2v) is 8.45. The van der Waals surface area contributed by atoms with Crippen LogP contribution < -0.4 is 0 Å². The molecular weight excluding hydrogens is 342 g/mol. The monoisotopic (exact) mass is 359 g/mol. The van der Waals surface area contributed by atoms with Crippen molar-refractivity contribution in [3.63, 3.8) is 0 Å². The summed E-state index contributed by atoms with van der Waals surface area (Å²) in [5, 5.41) is -0.527. The van der Waals surface area contributed by atoms with E-state index in [0.717, 1.165) is 11.0 Å². The highest BCUT2D eigenvalue weighted by Crippen LogP contribution is 2.21. The average molecular weight is 359 g/mol. The second kappa shape index (κ2) is 6.03. The molecule has 25 heavy (non-hydrogen) atoms. The van der Waals surface area contributed by atoms with Crippen molar-refractivity contribution in [2.45, 2.75) is 17.5 Å². The molecule has 2 aromatic heterocycles. The van der Waals surface area contributed by atoms with Crippen LogP contribution in [0.1, 0.15) is 5.76 Å². The Labute approximate surface area is 144 Å². The van der Waals surface area contributed by atoms with E-state index < -0.39 is 15.1 Å². The average Bonchev–Trinajstić information content (AvgIpc) is 3.15. The van der Waals surface area contributed by atoms with Crippen LogP contribution in [-0.2, 0) is 26.9 Å². The number of amides is 1. The summed E-state index contributed by atoms with van der Waals surface area (Å²) in [5.74, 6) is 0.195. The maximum atomic E-state index is 12.4. The Morgan fingerprint density at radius 2 is 2.00 bits per heavy atom. The van der Waals surface area contributed by atoms with Gasteiger partial charge in [0.2, 0.25) is 5.91 Å². The summed E-state index contributed by atoms with van der Waals surface area (Å²) in [6, 6.07) is 10.9. The molecular formula is C17H17N3O4S. The molecule has 1 aliphatic rings. The molecule has 7 nitrogen and oxygen atoms in total. The van der Waals surface area contributed by atoms with E-state index in [1.807, 2.05) is 24.3 Å². The Balaban J connectivity index is 1.38. The molecule has 8 heteroatoms. The van der Waals surface area contributed by atoms with Gasteiger partial charge in [-0.2, -0.15) is 0 Å². The van der Waals surface area contributed by atoms with Gasteiger partial charge in [-0.1, -0.05) is 12.1 Å². The van der Waals surface area contributed by atoms with Crippen molar-refractivity contribution in [3.05, 3.63) is 54.7 Å². The van der Waals surface area contributed by atoms with Gasteiger partial charge < -0.3 is 13.9 Å². The van der Waals surface area contributed by atoms with Gasteiger partial charge in [0.15, 0.2) is 9.84 Å². The summed E-state index contributed by atoms with van der Waals surface area (Å²) in [5.41, 5.74) is 1.72. The Morgan fingerprint density at radius 1 is 1.20 bits per heavy atom. The number of nitrogens with zero attached hydrogens (tertiary/aromatic N) is 3. The molecule has 0 N–H and O–H groups in total. The predicted molar refractivity (Wildman–Crippen MR) is 91.4 cm³/mol. The molecule has 1 fully saturated rings. The minimum Gasteiger partial charge on any atom is -0.468 e. The lowest BCUT2D eigenvalue weighted by molar-refractivity contribution is -0.134. The third-order valence-electron chi connectivity index (χ3n) is 4.47. The summed E-state index contributed by atoms with van der Waals surface area (Å²) in [6.45, 7) is 0.620. The van der Waals surface area contributed by atoms with Crippen molar-refractivity contribution in [1.82, 2.24) is 14.5 Å². The number of carbonyl (C=O) groups excluding carboxylic acids is 1. The summed E-state index contributed by atoms with van der Waals surface area (Å²) < 4.78 is 31.5. The number of likely N-dealkylation sites (tertiary alicyclic amines) is 1. The van der Waals surface area contributed by atoms with Gasteiger partial charge in [-0.25, -0.2) is 13.4 Å². The van der Waals surface area contributed by atoms with Crippen LogP contribution in [-0.4, -0.2) is 47.1 Å². The number of aromatic nitrogens is 2. The van der Waals surface area contributed by atoms with Gasteiger partial charge in [-0.15, -0.1) is 0 Å². The molecule has 1 aromatic carbocycles. The molecule has 1 saturated heterocycles. The van der Waals surface area contributed by atoms with Crippen LogP contribution in [0.2, 0.25) is 0 Å². The molecule has 0 spiro atoms. The van der Waals surface area contributed by atoms with Crippen LogP contribution in [0.5, 0.6) is 0 Å². The van der Waals surface area contributed by atoms with Crippen LogP contribution in [0.25, 0.3) is 11.0 Å². The first-order chi connectivity index (χ1) is 12.0. The van der Waals surface area contributed by atoms with E-state index >= 15 is 0 Å². The third-order valence-corrected chi connectivity index (χ3v) is 6.47. The quantitative estimate of drug-likeness (QED) is 0.688. The van der Waals surface area contributed by atoms with Crippen LogP contribution in [0.4, 0.5) is 0 Å². The predicted octanol–water partition coefficient (Wildman–Crippen LogP) is 1.46. The van der Waals surface area contributed by atoms with Gasteiger partial charge in [-0.05, 0) is 24.3 Å². The van der Waals surface area contributed by atoms with Gasteiger partial charge in [0, 0.05) is 13.1 Å². The van der Waals surface area contributed by atoms with Crippen LogP contribution in [0, 0.1) is 0 Å². The van der Waals surface area contributed by atoms with Gasteiger partial charge in [0.05, 0.1) is 28.9 Å². The Hall–Kier alpha value is -2.61. The van der Waals surface area contributed by atoms with E-state index in [-0.39, 0.29) is 31.3 Å². The van der Waals surface area contributed by atoms with Crippen molar-refractivity contribution in [2.75, 3.05) is 13.1 Å². The van der Waals surface area contributed by atoms with Crippen molar-refractivity contribution in [2.24, 2.45) is 0 Å². The molecule has 0 saturated carbocycles. The highest BCUT2D eigenvalue weighted by atomic mass is 32.2. The lowest BCUT2D eigenvalue weighted by atomic mass is 10.2. The van der Waals surface area contributed by atoms with Crippen LogP contribution in [0.3, 0.4) is 0 Å². The van der Waals surface area contributed by atoms with E-state index in [2.05, 4.69) is 4.98 Å². The Bertz CT molecular complexity index is 1000. The highest BCUT2D eigenvalue weighted by molar-refractivity contribution is 7.91. The minimum atomic E-state index is -3.32. The van der Waals surface area contributed by atoms with E-state index in [0.29, 0.717) is 5.76 Å². The van der Waals surface area contributed by atoms with Crippen LogP contribution in [0.15, 0.2) is 53.4 Å². The summed E-state index contributed by atoms with van der Waals surface area (Å²) in [7, 11) is -3.32. The largest absolute Gasteiger partial charge is 0.468 e. The first-order valence-corrected chi connectivity index (χ1v) is 9.66. The molecule has 0 unspecified atom stereocenters. The standard InChI is InChI=1S/C17H17N3O4S/c21-17(10-20-12-18-15-5-1-2-6-16(15)20)19-8-14(9-19)25(22,23)11-13-4-3-7-24-13/h1-7,12,14H,8-11H2. The second-order valence-electron chi connectivity index (χ2n) is 6.17. The first kappa shape index (κ1) is 15.9. The SMILES string of the molecule is O=C(Cn1cnc2ccccc21)N1CC(S(=O)(=O)Cc2ccco2)C1. The number of rotatable bonds is 5. The Morgan fingerprint density at radius 3 is 2.76 bits per heavy atom.